The van der Waals surface area contributed by atoms with E-state index in [1.165, 1.54) is 0 Å². The van der Waals surface area contributed by atoms with Gasteiger partial charge < -0.3 is 19.7 Å². The summed E-state index contributed by atoms with van der Waals surface area (Å²) in [7, 11) is 3.21. The van der Waals surface area contributed by atoms with Crippen molar-refractivity contribution >= 4 is 11.6 Å². The Bertz CT molecular complexity index is 702. The molecule has 1 N–H and O–H groups in total. The standard InChI is InChI=1S/C21H28N2O3/c1-16(2)23(15-17-8-6-5-7-9-17)21(24)12-13-22-18-10-11-19(25-3)20(14-18)26-4/h5-11,14,16,22H,12-13,15H2,1-4H3. The quantitative estimate of drug-likeness (QED) is 0.739. The first kappa shape index (κ1) is 19.6. The van der Waals surface area contributed by atoms with Gasteiger partial charge in [-0.2, -0.15) is 0 Å². The van der Waals surface area contributed by atoms with E-state index in [9.17, 15) is 4.79 Å². The summed E-state index contributed by atoms with van der Waals surface area (Å²) in [5.41, 5.74) is 2.04. The lowest BCUT2D eigenvalue weighted by molar-refractivity contribution is -0.133. The van der Waals surface area contributed by atoms with E-state index in [1.54, 1.807) is 14.2 Å². The third kappa shape index (κ3) is 5.41. The largest absolute Gasteiger partial charge is 0.493 e. The van der Waals surface area contributed by atoms with Crippen LogP contribution in [0, 0.1) is 0 Å². The predicted molar refractivity (Wildman–Crippen MR) is 105 cm³/mol. The number of nitrogens with one attached hydrogen (secondary N) is 1. The molecule has 0 unspecified atom stereocenters. The third-order valence-electron chi connectivity index (χ3n) is 4.19. The minimum absolute atomic E-state index is 0.136. The number of methoxy groups -OCH3 is 2. The first-order valence-corrected chi connectivity index (χ1v) is 8.84. The maximum atomic E-state index is 12.6. The first-order valence-electron chi connectivity index (χ1n) is 8.84. The Hall–Kier alpha value is -2.69. The van der Waals surface area contributed by atoms with Crippen LogP contribution < -0.4 is 14.8 Å². The summed E-state index contributed by atoms with van der Waals surface area (Å²) < 4.78 is 10.5. The Morgan fingerprint density at radius 3 is 2.35 bits per heavy atom. The second-order valence-electron chi connectivity index (χ2n) is 6.35. The number of nitrogens with zero attached hydrogens (tertiary/aromatic N) is 1. The number of hydrogen-bond donors (Lipinski definition) is 1. The van der Waals surface area contributed by atoms with Crippen molar-refractivity contribution in [2.24, 2.45) is 0 Å². The van der Waals surface area contributed by atoms with Gasteiger partial charge in [0, 0.05) is 37.3 Å². The molecule has 2 aromatic rings. The van der Waals surface area contributed by atoms with Crippen LogP contribution in [-0.2, 0) is 11.3 Å². The molecule has 5 nitrogen and oxygen atoms in total. The number of carbonyl (C=O) groups is 1. The SMILES string of the molecule is COc1ccc(NCCC(=O)N(Cc2ccccc2)C(C)C)cc1OC. The molecule has 0 radical (unpaired) electrons. The van der Waals surface area contributed by atoms with Gasteiger partial charge in [0.15, 0.2) is 11.5 Å². The Labute approximate surface area is 155 Å². The molecule has 140 valence electrons. The van der Waals surface area contributed by atoms with Gasteiger partial charge in [-0.25, -0.2) is 0 Å². The number of ether oxygens (including phenoxy) is 2. The summed E-state index contributed by atoms with van der Waals surface area (Å²) in [6.45, 7) is 5.28. The Morgan fingerprint density at radius 2 is 1.73 bits per heavy atom. The fourth-order valence-electron chi connectivity index (χ4n) is 2.74. The minimum Gasteiger partial charge on any atom is -0.493 e. The summed E-state index contributed by atoms with van der Waals surface area (Å²) in [4.78, 5) is 14.6. The highest BCUT2D eigenvalue weighted by Crippen LogP contribution is 2.29. The molecule has 0 aliphatic rings. The van der Waals surface area contributed by atoms with E-state index < -0.39 is 0 Å². The molecule has 5 heteroatoms. The Morgan fingerprint density at radius 1 is 1.04 bits per heavy atom. The van der Waals surface area contributed by atoms with E-state index in [0.717, 1.165) is 11.3 Å². The van der Waals surface area contributed by atoms with Gasteiger partial charge in [0.1, 0.15) is 0 Å². The molecular weight excluding hydrogens is 328 g/mol. The molecule has 0 aliphatic carbocycles. The topological polar surface area (TPSA) is 50.8 Å². The lowest BCUT2D eigenvalue weighted by atomic mass is 10.1. The molecule has 0 spiro atoms. The van der Waals surface area contributed by atoms with Crippen molar-refractivity contribution in [2.45, 2.75) is 32.9 Å². The van der Waals surface area contributed by atoms with Gasteiger partial charge in [-0.1, -0.05) is 30.3 Å². The van der Waals surface area contributed by atoms with E-state index in [2.05, 4.69) is 5.32 Å². The lowest BCUT2D eigenvalue weighted by Gasteiger charge is -2.27. The van der Waals surface area contributed by atoms with E-state index in [4.69, 9.17) is 9.47 Å². The van der Waals surface area contributed by atoms with Gasteiger partial charge in [0.25, 0.3) is 0 Å². The van der Waals surface area contributed by atoms with Gasteiger partial charge in [-0.15, -0.1) is 0 Å². The number of amides is 1. The van der Waals surface area contributed by atoms with E-state index in [0.29, 0.717) is 31.0 Å². The van der Waals surface area contributed by atoms with Crippen LogP contribution >= 0.6 is 0 Å². The number of carbonyl (C=O) groups excluding carboxylic acids is 1. The second kappa shape index (κ2) is 9.70. The van der Waals surface area contributed by atoms with Crippen molar-refractivity contribution < 1.29 is 14.3 Å². The highest BCUT2D eigenvalue weighted by Gasteiger charge is 2.17. The normalized spacial score (nSPS) is 10.5. The van der Waals surface area contributed by atoms with Crippen LogP contribution in [0.4, 0.5) is 5.69 Å². The summed E-state index contributed by atoms with van der Waals surface area (Å²) in [5, 5.41) is 3.28. The highest BCUT2D eigenvalue weighted by atomic mass is 16.5. The van der Waals surface area contributed by atoms with Crippen LogP contribution in [0.2, 0.25) is 0 Å². The molecule has 0 atom stereocenters. The van der Waals surface area contributed by atoms with E-state index in [1.807, 2.05) is 67.3 Å². The summed E-state index contributed by atoms with van der Waals surface area (Å²) in [5.74, 6) is 1.48. The first-order chi connectivity index (χ1) is 12.5. The number of benzene rings is 2. The maximum Gasteiger partial charge on any atom is 0.224 e. The van der Waals surface area contributed by atoms with Crippen molar-refractivity contribution in [3.63, 3.8) is 0 Å². The van der Waals surface area contributed by atoms with Crippen LogP contribution in [0.3, 0.4) is 0 Å². The third-order valence-corrected chi connectivity index (χ3v) is 4.19. The van der Waals surface area contributed by atoms with Gasteiger partial charge in [0.05, 0.1) is 14.2 Å². The van der Waals surface area contributed by atoms with E-state index in [-0.39, 0.29) is 11.9 Å². The molecule has 0 saturated carbocycles. The summed E-state index contributed by atoms with van der Waals surface area (Å²) >= 11 is 0. The molecule has 0 aromatic heterocycles. The van der Waals surface area contributed by atoms with E-state index >= 15 is 0 Å². The molecule has 0 heterocycles. The number of rotatable bonds is 9. The lowest BCUT2D eigenvalue weighted by Crippen LogP contribution is -2.37. The molecule has 0 saturated heterocycles. The average Bonchev–Trinajstić information content (AvgIpc) is 2.66. The molecule has 1 amide bonds. The monoisotopic (exact) mass is 356 g/mol. The summed E-state index contributed by atoms with van der Waals surface area (Å²) in [6.07, 6.45) is 0.430. The molecule has 0 fully saturated rings. The molecule has 2 aromatic carbocycles. The van der Waals surface area contributed by atoms with Gasteiger partial charge in [-0.3, -0.25) is 4.79 Å². The molecular formula is C21H28N2O3. The molecule has 2 rings (SSSR count). The van der Waals surface area contributed by atoms with Crippen molar-refractivity contribution in [2.75, 3.05) is 26.1 Å². The zero-order valence-corrected chi connectivity index (χ0v) is 16.0. The zero-order valence-electron chi connectivity index (χ0n) is 16.0. The van der Waals surface area contributed by atoms with Crippen LogP contribution in [0.25, 0.3) is 0 Å². The smallest absolute Gasteiger partial charge is 0.224 e. The van der Waals surface area contributed by atoms with Gasteiger partial charge >= 0.3 is 0 Å². The molecule has 0 bridgehead atoms. The predicted octanol–water partition coefficient (Wildman–Crippen LogP) is 3.94. The van der Waals surface area contributed by atoms with Crippen LogP contribution in [0.5, 0.6) is 11.5 Å². The minimum atomic E-state index is 0.136. The molecule has 26 heavy (non-hydrogen) atoms. The van der Waals surface area contributed by atoms with Crippen molar-refractivity contribution in [3.8, 4) is 11.5 Å². The van der Waals surface area contributed by atoms with Crippen molar-refractivity contribution in [1.82, 2.24) is 4.90 Å². The Kier molecular flexibility index (Phi) is 7.33. The van der Waals surface area contributed by atoms with Crippen molar-refractivity contribution in [1.29, 1.82) is 0 Å². The highest BCUT2D eigenvalue weighted by molar-refractivity contribution is 5.77. The fraction of sp³-hybridized carbons (Fsp3) is 0.381. The number of hydrogen-bond acceptors (Lipinski definition) is 4. The maximum absolute atomic E-state index is 12.6. The average molecular weight is 356 g/mol. The fourth-order valence-corrected chi connectivity index (χ4v) is 2.74. The van der Waals surface area contributed by atoms with Gasteiger partial charge in [0.2, 0.25) is 5.91 Å². The van der Waals surface area contributed by atoms with Crippen molar-refractivity contribution in [3.05, 3.63) is 54.1 Å². The van der Waals surface area contributed by atoms with Crippen LogP contribution in [-0.4, -0.2) is 37.6 Å². The van der Waals surface area contributed by atoms with Crippen LogP contribution in [0.1, 0.15) is 25.8 Å². The number of anilines is 1. The zero-order chi connectivity index (χ0) is 18.9. The van der Waals surface area contributed by atoms with Gasteiger partial charge in [-0.05, 0) is 31.5 Å². The second-order valence-corrected chi connectivity index (χ2v) is 6.35. The Balaban J connectivity index is 1.91. The molecule has 0 aliphatic heterocycles. The summed E-state index contributed by atoms with van der Waals surface area (Å²) in [6, 6.07) is 15.9. The van der Waals surface area contributed by atoms with Crippen LogP contribution in [0.15, 0.2) is 48.5 Å².